The molecule has 6 heteroatoms. The zero-order chi connectivity index (χ0) is 19.4. The lowest BCUT2D eigenvalue weighted by Crippen LogP contribution is -2.00. The van der Waals surface area contributed by atoms with Gasteiger partial charge in [-0.15, -0.1) is 11.3 Å². The molecule has 146 valence electrons. The van der Waals surface area contributed by atoms with Crippen LogP contribution >= 0.6 is 11.3 Å². The lowest BCUT2D eigenvalue weighted by Gasteiger charge is -2.08. The number of nitrogens with zero attached hydrogens (tertiary/aromatic N) is 3. The Morgan fingerprint density at radius 1 is 1.04 bits per heavy atom. The van der Waals surface area contributed by atoms with Crippen LogP contribution in [0.5, 0.6) is 0 Å². The SMILES string of the molecule is Cc1ncc(C(C)CCc2nc(C(C)CCc3nc(C(C)C)co3)cs2)[nH]1. The Morgan fingerprint density at radius 3 is 2.48 bits per heavy atom. The number of thiazole rings is 1. The number of aromatic amines is 1. The first-order valence-corrected chi connectivity index (χ1v) is 10.7. The summed E-state index contributed by atoms with van der Waals surface area (Å²) in [6.07, 6.45) is 7.68. The van der Waals surface area contributed by atoms with Crippen LogP contribution in [0.15, 0.2) is 22.3 Å². The van der Waals surface area contributed by atoms with E-state index in [2.05, 4.69) is 48.0 Å². The number of oxazole rings is 1. The van der Waals surface area contributed by atoms with E-state index in [0.29, 0.717) is 17.8 Å². The predicted octanol–water partition coefficient (Wildman–Crippen LogP) is 5.76. The van der Waals surface area contributed by atoms with Crippen molar-refractivity contribution in [2.24, 2.45) is 0 Å². The molecular formula is C21H30N4OS. The first kappa shape index (κ1) is 19.8. The number of aromatic nitrogens is 4. The summed E-state index contributed by atoms with van der Waals surface area (Å²) in [5.74, 6) is 3.11. The van der Waals surface area contributed by atoms with Gasteiger partial charge in [0.25, 0.3) is 0 Å². The third-order valence-electron chi connectivity index (χ3n) is 5.07. The summed E-state index contributed by atoms with van der Waals surface area (Å²) >= 11 is 1.77. The van der Waals surface area contributed by atoms with E-state index in [1.807, 2.05) is 13.1 Å². The van der Waals surface area contributed by atoms with Crippen molar-refractivity contribution < 1.29 is 4.42 Å². The van der Waals surface area contributed by atoms with E-state index < -0.39 is 0 Å². The van der Waals surface area contributed by atoms with E-state index in [-0.39, 0.29) is 0 Å². The molecule has 0 aliphatic rings. The standard InChI is InChI=1S/C21H30N4OS/c1-13(2)18-11-26-20(24-18)8-6-15(4)19-12-27-21(25-19)9-7-14(3)17-10-22-16(5)23-17/h10-15H,6-9H2,1-5H3,(H,22,23). The highest BCUT2D eigenvalue weighted by Gasteiger charge is 2.15. The van der Waals surface area contributed by atoms with E-state index in [9.17, 15) is 0 Å². The van der Waals surface area contributed by atoms with Gasteiger partial charge in [0.15, 0.2) is 5.89 Å². The van der Waals surface area contributed by atoms with E-state index >= 15 is 0 Å². The molecule has 0 amide bonds. The van der Waals surface area contributed by atoms with Crippen LogP contribution in [0, 0.1) is 6.92 Å². The van der Waals surface area contributed by atoms with Gasteiger partial charge in [0.2, 0.25) is 0 Å². The van der Waals surface area contributed by atoms with Crippen molar-refractivity contribution in [3.8, 4) is 0 Å². The quantitative estimate of drug-likeness (QED) is 0.508. The Bertz CT molecular complexity index is 848. The average molecular weight is 387 g/mol. The monoisotopic (exact) mass is 386 g/mol. The van der Waals surface area contributed by atoms with Gasteiger partial charge in [0, 0.05) is 23.7 Å². The molecule has 3 aromatic rings. The molecule has 2 atom stereocenters. The zero-order valence-electron chi connectivity index (χ0n) is 17.0. The normalized spacial score (nSPS) is 14.0. The van der Waals surface area contributed by atoms with Crippen LogP contribution < -0.4 is 0 Å². The fraction of sp³-hybridized carbons (Fsp3) is 0.571. The van der Waals surface area contributed by atoms with E-state index in [1.54, 1.807) is 17.6 Å². The van der Waals surface area contributed by atoms with Crippen molar-refractivity contribution in [2.45, 2.75) is 78.1 Å². The maximum atomic E-state index is 5.59. The number of aryl methyl sites for hydroxylation is 3. The lowest BCUT2D eigenvalue weighted by atomic mass is 10.0. The minimum Gasteiger partial charge on any atom is -0.449 e. The molecule has 0 aliphatic heterocycles. The number of H-pyrrole nitrogens is 1. The molecular weight excluding hydrogens is 356 g/mol. The minimum absolute atomic E-state index is 0.411. The number of imidazole rings is 1. The molecule has 3 aromatic heterocycles. The minimum atomic E-state index is 0.411. The summed E-state index contributed by atoms with van der Waals surface area (Å²) in [7, 11) is 0. The van der Waals surface area contributed by atoms with Crippen molar-refractivity contribution in [1.82, 2.24) is 19.9 Å². The van der Waals surface area contributed by atoms with Crippen LogP contribution in [-0.2, 0) is 12.8 Å². The topological polar surface area (TPSA) is 67.6 Å². The first-order valence-electron chi connectivity index (χ1n) is 9.82. The molecule has 0 saturated carbocycles. The van der Waals surface area contributed by atoms with Crippen LogP contribution in [0.4, 0.5) is 0 Å². The Labute approximate surface area is 165 Å². The highest BCUT2D eigenvalue weighted by atomic mass is 32.1. The summed E-state index contributed by atoms with van der Waals surface area (Å²) in [6.45, 7) is 10.7. The van der Waals surface area contributed by atoms with Crippen LogP contribution in [0.3, 0.4) is 0 Å². The van der Waals surface area contributed by atoms with Crippen LogP contribution in [0.2, 0.25) is 0 Å². The second-order valence-corrected chi connectivity index (χ2v) is 8.73. The largest absolute Gasteiger partial charge is 0.449 e. The van der Waals surface area contributed by atoms with E-state index in [0.717, 1.165) is 43.1 Å². The molecule has 0 saturated heterocycles. The van der Waals surface area contributed by atoms with Gasteiger partial charge in [-0.25, -0.2) is 15.0 Å². The van der Waals surface area contributed by atoms with E-state index in [1.165, 1.54) is 16.4 Å². The summed E-state index contributed by atoms with van der Waals surface area (Å²) in [5.41, 5.74) is 3.44. The Kier molecular flexibility index (Phi) is 6.47. The summed E-state index contributed by atoms with van der Waals surface area (Å²) in [4.78, 5) is 17.1. The number of hydrogen-bond donors (Lipinski definition) is 1. The van der Waals surface area contributed by atoms with E-state index in [4.69, 9.17) is 9.40 Å². The smallest absolute Gasteiger partial charge is 0.194 e. The maximum absolute atomic E-state index is 5.59. The van der Waals surface area contributed by atoms with Gasteiger partial charge < -0.3 is 9.40 Å². The summed E-state index contributed by atoms with van der Waals surface area (Å²) in [6, 6.07) is 0. The second-order valence-electron chi connectivity index (χ2n) is 7.79. The molecule has 5 nitrogen and oxygen atoms in total. The molecule has 0 aliphatic carbocycles. The van der Waals surface area contributed by atoms with Gasteiger partial charge in [-0.1, -0.05) is 27.7 Å². The Hall–Kier alpha value is -1.95. The van der Waals surface area contributed by atoms with Gasteiger partial charge >= 0.3 is 0 Å². The molecule has 0 fully saturated rings. The van der Waals surface area contributed by atoms with Gasteiger partial charge in [-0.2, -0.15) is 0 Å². The van der Waals surface area contributed by atoms with Gasteiger partial charge in [0.1, 0.15) is 12.1 Å². The molecule has 3 rings (SSSR count). The maximum Gasteiger partial charge on any atom is 0.194 e. The molecule has 0 radical (unpaired) electrons. The molecule has 0 spiro atoms. The van der Waals surface area contributed by atoms with Gasteiger partial charge in [0.05, 0.1) is 16.4 Å². The fourth-order valence-corrected chi connectivity index (χ4v) is 3.98. The highest BCUT2D eigenvalue weighted by molar-refractivity contribution is 7.09. The Morgan fingerprint density at radius 2 is 1.81 bits per heavy atom. The van der Waals surface area contributed by atoms with Gasteiger partial charge in [-0.3, -0.25) is 0 Å². The number of hydrogen-bond acceptors (Lipinski definition) is 5. The summed E-state index contributed by atoms with van der Waals surface area (Å²) < 4.78 is 5.59. The molecule has 1 N–H and O–H groups in total. The van der Waals surface area contributed by atoms with Crippen molar-refractivity contribution >= 4 is 11.3 Å². The predicted molar refractivity (Wildman–Crippen MR) is 110 cm³/mol. The number of nitrogens with one attached hydrogen (secondary N) is 1. The Balaban J connectivity index is 1.48. The van der Waals surface area contributed by atoms with Crippen molar-refractivity contribution in [2.75, 3.05) is 0 Å². The molecule has 27 heavy (non-hydrogen) atoms. The van der Waals surface area contributed by atoms with Crippen LogP contribution in [-0.4, -0.2) is 19.9 Å². The van der Waals surface area contributed by atoms with Gasteiger partial charge in [-0.05, 0) is 43.9 Å². The van der Waals surface area contributed by atoms with Crippen molar-refractivity contribution in [1.29, 1.82) is 0 Å². The third-order valence-corrected chi connectivity index (χ3v) is 6.00. The zero-order valence-corrected chi connectivity index (χ0v) is 17.8. The third kappa shape index (κ3) is 5.28. The van der Waals surface area contributed by atoms with Crippen LogP contribution in [0.25, 0.3) is 0 Å². The molecule has 0 bridgehead atoms. The average Bonchev–Trinajstić information content (AvgIpc) is 3.37. The second kappa shape index (κ2) is 8.83. The van der Waals surface area contributed by atoms with Crippen LogP contribution in [0.1, 0.15) is 92.1 Å². The highest BCUT2D eigenvalue weighted by Crippen LogP contribution is 2.26. The molecule has 3 heterocycles. The lowest BCUT2D eigenvalue weighted by molar-refractivity contribution is 0.475. The molecule has 0 aromatic carbocycles. The molecule has 2 unspecified atom stereocenters. The van der Waals surface area contributed by atoms with Crippen molar-refractivity contribution in [3.63, 3.8) is 0 Å². The number of rotatable bonds is 9. The summed E-state index contributed by atoms with van der Waals surface area (Å²) in [5, 5.41) is 3.43. The fourth-order valence-electron chi connectivity index (χ4n) is 3.04. The first-order chi connectivity index (χ1) is 12.9. The van der Waals surface area contributed by atoms with Crippen molar-refractivity contribution in [3.05, 3.63) is 51.6 Å².